The molecule has 0 radical (unpaired) electrons. The van der Waals surface area contributed by atoms with Crippen molar-refractivity contribution < 1.29 is 9.53 Å². The number of carbonyl (C=O) groups excluding carboxylic acids is 1. The highest BCUT2D eigenvalue weighted by Crippen LogP contribution is 2.52. The lowest BCUT2D eigenvalue weighted by Gasteiger charge is -2.57. The molecular weight excluding hydrogens is 336 g/mol. The molecule has 2 bridgehead atoms. The van der Waals surface area contributed by atoms with Crippen LogP contribution in [0.2, 0.25) is 0 Å². The first-order valence-electron chi connectivity index (χ1n) is 9.34. The number of halogens is 1. The molecule has 1 amide bonds. The maximum absolute atomic E-state index is 11.6. The summed E-state index contributed by atoms with van der Waals surface area (Å²) in [6.07, 6.45) is 7.79. The molecule has 2 aliphatic carbocycles. The van der Waals surface area contributed by atoms with Gasteiger partial charge in [-0.1, -0.05) is 25.0 Å². The minimum Gasteiger partial charge on any atom is -0.373 e. The summed E-state index contributed by atoms with van der Waals surface area (Å²) in [5.74, 6) is 0.637. The van der Waals surface area contributed by atoms with Crippen LogP contribution in [-0.4, -0.2) is 37.0 Å². The van der Waals surface area contributed by atoms with E-state index in [1.165, 1.54) is 38.5 Å². The van der Waals surface area contributed by atoms with Crippen LogP contribution in [0.3, 0.4) is 0 Å². The van der Waals surface area contributed by atoms with Crippen molar-refractivity contribution in [3.63, 3.8) is 0 Å². The van der Waals surface area contributed by atoms with Crippen molar-refractivity contribution in [1.29, 1.82) is 0 Å². The van der Waals surface area contributed by atoms with Crippen molar-refractivity contribution in [3.8, 4) is 0 Å². The van der Waals surface area contributed by atoms with Crippen molar-refractivity contribution in [2.24, 2.45) is 17.6 Å². The molecule has 0 spiro atoms. The highest BCUT2D eigenvalue weighted by Gasteiger charge is 2.54. The van der Waals surface area contributed by atoms with E-state index in [0.717, 1.165) is 24.7 Å². The molecule has 0 aromatic heterocycles. The summed E-state index contributed by atoms with van der Waals surface area (Å²) in [7, 11) is 1.85. The molecule has 1 aromatic rings. The molecule has 2 saturated carbocycles. The first kappa shape index (κ1) is 18.7. The van der Waals surface area contributed by atoms with Gasteiger partial charge in [0.15, 0.2) is 0 Å². The molecule has 3 atom stereocenters. The molecule has 1 saturated heterocycles. The molecule has 0 unspecified atom stereocenters. The molecular formula is C20H29ClN2O2. The summed E-state index contributed by atoms with van der Waals surface area (Å²) in [4.78, 5) is 14.4. The van der Waals surface area contributed by atoms with Crippen LogP contribution in [-0.2, 0) is 10.3 Å². The Labute approximate surface area is 156 Å². The highest BCUT2D eigenvalue weighted by atomic mass is 35.5. The molecule has 5 heteroatoms. The normalized spacial score (nSPS) is 32.5. The number of primary amides is 1. The fourth-order valence-electron chi connectivity index (χ4n) is 5.36. The SMILES string of the molecule is CO[C@]1(c2cccc(C(N)=O)c2)[C@@H]2CCC[C@H]1CN(C1CCC1)C2.Cl. The zero-order chi connectivity index (χ0) is 16.7. The van der Waals surface area contributed by atoms with Gasteiger partial charge in [-0.05, 0) is 43.4 Å². The molecule has 4 rings (SSSR count). The molecule has 1 aromatic carbocycles. The zero-order valence-corrected chi connectivity index (χ0v) is 15.8. The average molecular weight is 365 g/mol. The van der Waals surface area contributed by atoms with Crippen LogP contribution in [0.15, 0.2) is 24.3 Å². The van der Waals surface area contributed by atoms with Gasteiger partial charge in [-0.15, -0.1) is 12.4 Å². The summed E-state index contributed by atoms with van der Waals surface area (Å²) in [6, 6.07) is 8.63. The quantitative estimate of drug-likeness (QED) is 0.891. The third kappa shape index (κ3) is 2.98. The Morgan fingerprint density at radius 1 is 1.16 bits per heavy atom. The van der Waals surface area contributed by atoms with Crippen molar-refractivity contribution in [2.75, 3.05) is 20.2 Å². The van der Waals surface area contributed by atoms with Crippen LogP contribution in [0.1, 0.15) is 54.4 Å². The number of likely N-dealkylation sites (tertiary alicyclic amines) is 1. The van der Waals surface area contributed by atoms with E-state index >= 15 is 0 Å². The number of carbonyl (C=O) groups is 1. The van der Waals surface area contributed by atoms with E-state index in [2.05, 4.69) is 11.0 Å². The largest absolute Gasteiger partial charge is 0.373 e. The molecule has 4 nitrogen and oxygen atoms in total. The van der Waals surface area contributed by atoms with E-state index in [9.17, 15) is 4.79 Å². The maximum atomic E-state index is 11.6. The average Bonchev–Trinajstić information content (AvgIpc) is 2.52. The number of nitrogens with two attached hydrogens (primary N) is 1. The minimum atomic E-state index is -0.361. The Hall–Kier alpha value is -1.10. The lowest BCUT2D eigenvalue weighted by atomic mass is 9.61. The van der Waals surface area contributed by atoms with Gasteiger partial charge in [0.25, 0.3) is 0 Å². The summed E-state index contributed by atoms with van der Waals surface area (Å²) in [5, 5.41) is 0. The maximum Gasteiger partial charge on any atom is 0.248 e. The molecule has 1 aliphatic heterocycles. The van der Waals surface area contributed by atoms with Crippen LogP contribution < -0.4 is 5.73 Å². The van der Waals surface area contributed by atoms with Crippen molar-refractivity contribution >= 4 is 18.3 Å². The number of benzene rings is 1. The van der Waals surface area contributed by atoms with E-state index in [1.54, 1.807) is 6.07 Å². The van der Waals surface area contributed by atoms with Gasteiger partial charge in [0.05, 0.1) is 0 Å². The second-order valence-corrected chi connectivity index (χ2v) is 7.81. The monoisotopic (exact) mass is 364 g/mol. The number of fused-ring (bicyclic) bond motifs is 2. The van der Waals surface area contributed by atoms with Gasteiger partial charge < -0.3 is 10.5 Å². The number of ether oxygens (including phenoxy) is 1. The predicted molar refractivity (Wildman–Crippen MR) is 101 cm³/mol. The van der Waals surface area contributed by atoms with E-state index in [-0.39, 0.29) is 23.9 Å². The van der Waals surface area contributed by atoms with E-state index in [4.69, 9.17) is 10.5 Å². The Morgan fingerprint density at radius 3 is 2.32 bits per heavy atom. The molecule has 2 N–H and O–H groups in total. The first-order valence-corrected chi connectivity index (χ1v) is 9.34. The highest BCUT2D eigenvalue weighted by molar-refractivity contribution is 5.92. The number of hydrogen-bond acceptors (Lipinski definition) is 3. The summed E-state index contributed by atoms with van der Waals surface area (Å²) < 4.78 is 6.27. The van der Waals surface area contributed by atoms with Crippen LogP contribution in [0.5, 0.6) is 0 Å². The van der Waals surface area contributed by atoms with Gasteiger partial charge in [-0.3, -0.25) is 9.69 Å². The molecule has 3 aliphatic rings. The van der Waals surface area contributed by atoms with Crippen LogP contribution >= 0.6 is 12.4 Å². The fourth-order valence-corrected chi connectivity index (χ4v) is 5.36. The second-order valence-electron chi connectivity index (χ2n) is 7.81. The van der Waals surface area contributed by atoms with Crippen LogP contribution in [0, 0.1) is 11.8 Å². The van der Waals surface area contributed by atoms with Crippen molar-refractivity contribution in [2.45, 2.75) is 50.2 Å². The summed E-state index contributed by atoms with van der Waals surface area (Å²) >= 11 is 0. The van der Waals surface area contributed by atoms with Gasteiger partial charge in [0, 0.05) is 43.6 Å². The minimum absolute atomic E-state index is 0. The fraction of sp³-hybridized carbons (Fsp3) is 0.650. The third-order valence-corrected chi connectivity index (χ3v) is 6.76. The Bertz CT molecular complexity index is 618. The van der Waals surface area contributed by atoms with Crippen LogP contribution in [0.4, 0.5) is 0 Å². The number of nitrogens with zero attached hydrogens (tertiary/aromatic N) is 1. The molecule has 3 fully saturated rings. The summed E-state index contributed by atoms with van der Waals surface area (Å²) in [6.45, 7) is 2.24. The standard InChI is InChI=1S/C20H28N2O2.ClH/c1-24-20(15-6-2-5-14(11-15)19(21)23)16-7-3-8-17(20)13-22(12-16)18-9-4-10-18;/h2,5-6,11,16-18H,3-4,7-10,12-13H2,1H3,(H2,21,23);1H/t16-,17+,20-;. The van der Waals surface area contributed by atoms with Gasteiger partial charge >= 0.3 is 0 Å². The first-order chi connectivity index (χ1) is 11.6. The topological polar surface area (TPSA) is 55.6 Å². The van der Waals surface area contributed by atoms with Crippen molar-refractivity contribution in [1.82, 2.24) is 4.90 Å². The Balaban J connectivity index is 0.00000182. The van der Waals surface area contributed by atoms with E-state index < -0.39 is 0 Å². The van der Waals surface area contributed by atoms with E-state index in [0.29, 0.717) is 17.4 Å². The summed E-state index contributed by atoms with van der Waals surface area (Å²) in [5.41, 5.74) is 6.98. The second kappa shape index (κ2) is 7.26. The van der Waals surface area contributed by atoms with Crippen molar-refractivity contribution in [3.05, 3.63) is 35.4 Å². The molecule has 25 heavy (non-hydrogen) atoms. The smallest absolute Gasteiger partial charge is 0.248 e. The molecule has 138 valence electrons. The lowest BCUT2D eigenvalue weighted by Crippen LogP contribution is -2.61. The van der Waals surface area contributed by atoms with Gasteiger partial charge in [0.2, 0.25) is 5.91 Å². The van der Waals surface area contributed by atoms with Gasteiger partial charge in [-0.25, -0.2) is 0 Å². The molecule has 1 heterocycles. The number of methoxy groups -OCH3 is 1. The van der Waals surface area contributed by atoms with Gasteiger partial charge in [-0.2, -0.15) is 0 Å². The Kier molecular flexibility index (Phi) is 5.42. The number of rotatable bonds is 4. The zero-order valence-electron chi connectivity index (χ0n) is 14.9. The number of piperidine rings is 1. The number of hydrogen-bond donors (Lipinski definition) is 1. The number of amides is 1. The Morgan fingerprint density at radius 2 is 1.80 bits per heavy atom. The third-order valence-electron chi connectivity index (χ3n) is 6.76. The van der Waals surface area contributed by atoms with E-state index in [1.807, 2.05) is 19.2 Å². The van der Waals surface area contributed by atoms with Crippen LogP contribution in [0.25, 0.3) is 0 Å². The predicted octanol–water partition coefficient (Wildman–Crippen LogP) is 3.33. The van der Waals surface area contributed by atoms with Gasteiger partial charge in [0.1, 0.15) is 5.60 Å². The lowest BCUT2D eigenvalue weighted by molar-refractivity contribution is -0.177.